The van der Waals surface area contributed by atoms with Gasteiger partial charge < -0.3 is 14.7 Å². The smallest absolute Gasteiger partial charge is 0.306 e. The summed E-state index contributed by atoms with van der Waals surface area (Å²) in [7, 11) is 0. The first-order chi connectivity index (χ1) is 13.0. The van der Waals surface area contributed by atoms with Crippen LogP contribution in [0.25, 0.3) is 15.9 Å². The van der Waals surface area contributed by atoms with Crippen LogP contribution in [0.3, 0.4) is 0 Å². The first kappa shape index (κ1) is 17.7. The summed E-state index contributed by atoms with van der Waals surface area (Å²) in [6.07, 6.45) is -0.561. The third-order valence-electron chi connectivity index (χ3n) is 4.58. The van der Waals surface area contributed by atoms with Crippen LogP contribution in [0.5, 0.6) is 0 Å². The number of hydrogen-bond acceptors (Lipinski definition) is 5. The summed E-state index contributed by atoms with van der Waals surface area (Å²) in [5.74, 6) is -1.01. The van der Waals surface area contributed by atoms with Crippen molar-refractivity contribution in [2.45, 2.75) is 19.4 Å². The molecule has 2 aromatic heterocycles. The maximum absolute atomic E-state index is 13.0. The van der Waals surface area contributed by atoms with Crippen LogP contribution in [0.15, 0.2) is 36.4 Å². The number of amides is 1. The number of aromatic nitrogens is 2. The van der Waals surface area contributed by atoms with Crippen LogP contribution < -0.4 is 0 Å². The number of rotatable bonds is 4. The third kappa shape index (κ3) is 3.45. The number of benzene rings is 1. The van der Waals surface area contributed by atoms with Gasteiger partial charge in [-0.3, -0.25) is 9.59 Å². The quantitative estimate of drug-likeness (QED) is 0.746. The molecule has 1 atom stereocenters. The van der Waals surface area contributed by atoms with Gasteiger partial charge in [0.2, 0.25) is 0 Å². The number of aryl methyl sites for hydroxylation is 1. The predicted octanol–water partition coefficient (Wildman–Crippen LogP) is 2.71. The van der Waals surface area contributed by atoms with E-state index in [0.717, 1.165) is 21.6 Å². The highest BCUT2D eigenvalue weighted by Crippen LogP contribution is 2.31. The van der Waals surface area contributed by atoms with E-state index < -0.39 is 12.1 Å². The molecule has 1 amide bonds. The Morgan fingerprint density at radius 3 is 2.85 bits per heavy atom. The number of aliphatic carboxylic acids is 1. The summed E-state index contributed by atoms with van der Waals surface area (Å²) >= 11 is 1.41. The topological polar surface area (TPSA) is 84.7 Å². The van der Waals surface area contributed by atoms with E-state index in [1.165, 1.54) is 11.3 Å². The van der Waals surface area contributed by atoms with Gasteiger partial charge in [-0.15, -0.1) is 11.3 Å². The fourth-order valence-electron chi connectivity index (χ4n) is 3.27. The van der Waals surface area contributed by atoms with Crippen LogP contribution in [-0.4, -0.2) is 57.5 Å². The van der Waals surface area contributed by atoms with Crippen molar-refractivity contribution in [2.24, 2.45) is 0 Å². The third-order valence-corrected chi connectivity index (χ3v) is 5.68. The van der Waals surface area contributed by atoms with Crippen LogP contribution in [0.1, 0.15) is 21.8 Å². The van der Waals surface area contributed by atoms with Gasteiger partial charge in [-0.2, -0.15) is 5.10 Å². The molecule has 7 nitrogen and oxygen atoms in total. The highest BCUT2D eigenvalue weighted by Gasteiger charge is 2.28. The van der Waals surface area contributed by atoms with Gasteiger partial charge in [-0.25, -0.2) is 4.68 Å². The zero-order valence-electron chi connectivity index (χ0n) is 14.8. The minimum Gasteiger partial charge on any atom is -0.481 e. The van der Waals surface area contributed by atoms with Crippen molar-refractivity contribution in [3.05, 3.63) is 47.0 Å². The molecular weight excluding hydrogens is 366 g/mol. The summed E-state index contributed by atoms with van der Waals surface area (Å²) in [5, 5.41) is 14.5. The molecule has 0 spiro atoms. The number of ether oxygens (including phenoxy) is 1. The van der Waals surface area contributed by atoms with E-state index in [1.807, 2.05) is 48.0 Å². The normalized spacial score (nSPS) is 17.4. The molecule has 8 heteroatoms. The number of carboxylic acids is 1. The summed E-state index contributed by atoms with van der Waals surface area (Å²) < 4.78 is 7.32. The van der Waals surface area contributed by atoms with Crippen LogP contribution in [0.2, 0.25) is 0 Å². The lowest BCUT2D eigenvalue weighted by Crippen LogP contribution is -2.46. The molecule has 27 heavy (non-hydrogen) atoms. The van der Waals surface area contributed by atoms with Crippen LogP contribution in [0, 0.1) is 6.92 Å². The van der Waals surface area contributed by atoms with Gasteiger partial charge in [0, 0.05) is 18.5 Å². The van der Waals surface area contributed by atoms with Crippen molar-refractivity contribution in [3.8, 4) is 5.69 Å². The second kappa shape index (κ2) is 7.13. The van der Waals surface area contributed by atoms with Crippen LogP contribution in [-0.2, 0) is 9.53 Å². The van der Waals surface area contributed by atoms with E-state index >= 15 is 0 Å². The Hall–Kier alpha value is -2.71. The lowest BCUT2D eigenvalue weighted by molar-refractivity contribution is -0.141. The molecule has 1 fully saturated rings. The molecule has 0 radical (unpaired) electrons. The Morgan fingerprint density at radius 1 is 1.33 bits per heavy atom. The maximum atomic E-state index is 13.0. The van der Waals surface area contributed by atoms with Gasteiger partial charge in [-0.1, -0.05) is 18.2 Å². The van der Waals surface area contributed by atoms with Crippen molar-refractivity contribution in [2.75, 3.05) is 19.7 Å². The molecular formula is C19H19N3O4S. The molecule has 1 saturated heterocycles. The molecule has 0 bridgehead atoms. The number of carbonyl (C=O) groups is 2. The van der Waals surface area contributed by atoms with Gasteiger partial charge in [0.15, 0.2) is 0 Å². The Morgan fingerprint density at radius 2 is 2.11 bits per heavy atom. The Balaban J connectivity index is 1.62. The SMILES string of the molecule is Cc1nn(-c2ccccc2)c2sc(C(=O)N3CCOC(CC(=O)O)C3)cc12. The highest BCUT2D eigenvalue weighted by molar-refractivity contribution is 7.20. The maximum Gasteiger partial charge on any atom is 0.306 e. The fraction of sp³-hybridized carbons (Fsp3) is 0.316. The van der Waals surface area contributed by atoms with Crippen molar-refractivity contribution >= 4 is 33.4 Å². The monoisotopic (exact) mass is 385 g/mol. The summed E-state index contributed by atoms with van der Waals surface area (Å²) in [6.45, 7) is 3.04. The fourth-order valence-corrected chi connectivity index (χ4v) is 4.43. The molecule has 1 aliphatic rings. The molecule has 3 aromatic rings. The Kier molecular flexibility index (Phi) is 4.67. The van der Waals surface area contributed by atoms with Gasteiger partial charge in [0.25, 0.3) is 5.91 Å². The number of carboxylic acid groups (broad SMARTS) is 1. The van der Waals surface area contributed by atoms with Crippen molar-refractivity contribution in [1.82, 2.24) is 14.7 Å². The summed E-state index contributed by atoms with van der Waals surface area (Å²) in [5.41, 5.74) is 1.82. The van der Waals surface area contributed by atoms with E-state index in [0.29, 0.717) is 24.6 Å². The number of carbonyl (C=O) groups excluding carboxylic acids is 1. The Bertz CT molecular complexity index is 995. The average Bonchev–Trinajstić information content (AvgIpc) is 3.22. The molecule has 3 heterocycles. The summed E-state index contributed by atoms with van der Waals surface area (Å²) in [4.78, 5) is 27.1. The van der Waals surface area contributed by atoms with Gasteiger partial charge in [-0.05, 0) is 25.1 Å². The second-order valence-corrected chi connectivity index (χ2v) is 7.53. The Labute approximate surface area is 159 Å². The number of fused-ring (bicyclic) bond motifs is 1. The van der Waals surface area contributed by atoms with E-state index in [2.05, 4.69) is 5.10 Å². The first-order valence-electron chi connectivity index (χ1n) is 8.70. The molecule has 1 unspecified atom stereocenters. The molecule has 1 N–H and O–H groups in total. The minimum atomic E-state index is -0.922. The minimum absolute atomic E-state index is 0.0890. The molecule has 1 aromatic carbocycles. The number of hydrogen-bond donors (Lipinski definition) is 1. The average molecular weight is 385 g/mol. The first-order valence-corrected chi connectivity index (χ1v) is 9.52. The van der Waals surface area contributed by atoms with Gasteiger partial charge >= 0.3 is 5.97 Å². The van der Waals surface area contributed by atoms with Crippen molar-refractivity contribution in [1.29, 1.82) is 0 Å². The summed E-state index contributed by atoms with van der Waals surface area (Å²) in [6, 6.07) is 11.7. The number of morpholine rings is 1. The van der Waals surface area contributed by atoms with E-state index in [9.17, 15) is 9.59 Å². The lowest BCUT2D eigenvalue weighted by Gasteiger charge is -2.32. The zero-order valence-corrected chi connectivity index (χ0v) is 15.6. The van der Waals surface area contributed by atoms with Gasteiger partial charge in [0.05, 0.1) is 35.4 Å². The standard InChI is InChI=1S/C19H19N3O4S/c1-12-15-10-16(18(25)21-7-8-26-14(11-21)9-17(23)24)27-19(15)22(20-12)13-5-3-2-4-6-13/h2-6,10,14H,7-9,11H2,1H3,(H,23,24). The molecule has 1 aliphatic heterocycles. The molecule has 4 rings (SSSR count). The number of nitrogens with zero attached hydrogens (tertiary/aromatic N) is 3. The largest absolute Gasteiger partial charge is 0.481 e. The van der Waals surface area contributed by atoms with E-state index in [1.54, 1.807) is 4.90 Å². The van der Waals surface area contributed by atoms with Crippen LogP contribution >= 0.6 is 11.3 Å². The van der Waals surface area contributed by atoms with Gasteiger partial charge in [0.1, 0.15) is 4.83 Å². The van der Waals surface area contributed by atoms with Crippen molar-refractivity contribution < 1.29 is 19.4 Å². The highest BCUT2D eigenvalue weighted by atomic mass is 32.1. The molecule has 140 valence electrons. The zero-order chi connectivity index (χ0) is 19.0. The van der Waals surface area contributed by atoms with E-state index in [4.69, 9.17) is 9.84 Å². The predicted molar refractivity (Wildman–Crippen MR) is 102 cm³/mol. The number of para-hydroxylation sites is 1. The van der Waals surface area contributed by atoms with Crippen molar-refractivity contribution in [3.63, 3.8) is 0 Å². The second-order valence-electron chi connectivity index (χ2n) is 6.50. The molecule has 0 saturated carbocycles. The van der Waals surface area contributed by atoms with E-state index in [-0.39, 0.29) is 12.3 Å². The molecule has 0 aliphatic carbocycles. The lowest BCUT2D eigenvalue weighted by atomic mass is 10.2. The van der Waals surface area contributed by atoms with Crippen LogP contribution in [0.4, 0.5) is 0 Å². The number of thiophene rings is 1.